The van der Waals surface area contributed by atoms with E-state index in [4.69, 9.17) is 0 Å². The highest BCUT2D eigenvalue weighted by atomic mass is 19.1. The van der Waals surface area contributed by atoms with E-state index in [0.29, 0.717) is 19.5 Å². The highest BCUT2D eigenvalue weighted by Gasteiger charge is 2.23. The van der Waals surface area contributed by atoms with Crippen molar-refractivity contribution in [3.8, 4) is 0 Å². The molecular formula is C11H12FN3O2. The van der Waals surface area contributed by atoms with Crippen molar-refractivity contribution < 1.29 is 14.0 Å². The van der Waals surface area contributed by atoms with Crippen LogP contribution in [0.5, 0.6) is 0 Å². The summed E-state index contributed by atoms with van der Waals surface area (Å²) in [6.07, 6.45) is 1.95. The molecule has 0 aliphatic carbocycles. The first kappa shape index (κ1) is 11.5. The predicted molar refractivity (Wildman–Crippen MR) is 57.7 cm³/mol. The Kier molecular flexibility index (Phi) is 3.32. The molecular weight excluding hydrogens is 225 g/mol. The van der Waals surface area contributed by atoms with Crippen LogP contribution in [0.2, 0.25) is 0 Å². The molecule has 1 aliphatic heterocycles. The van der Waals surface area contributed by atoms with Crippen molar-refractivity contribution in [1.29, 1.82) is 0 Å². The van der Waals surface area contributed by atoms with Gasteiger partial charge in [-0.1, -0.05) is 0 Å². The molecule has 0 spiro atoms. The van der Waals surface area contributed by atoms with Gasteiger partial charge in [0.15, 0.2) is 0 Å². The van der Waals surface area contributed by atoms with E-state index < -0.39 is 11.9 Å². The van der Waals surface area contributed by atoms with Gasteiger partial charge < -0.3 is 10.2 Å². The molecule has 1 fully saturated rings. The van der Waals surface area contributed by atoms with Crippen LogP contribution in [0.3, 0.4) is 0 Å². The highest BCUT2D eigenvalue weighted by molar-refractivity contribution is 5.96. The molecule has 1 aromatic rings. The van der Waals surface area contributed by atoms with Gasteiger partial charge in [0.25, 0.3) is 5.91 Å². The SMILES string of the molecule is O=C1CN(C(=O)c2cccnc2F)CCCN1. The van der Waals surface area contributed by atoms with Crippen LogP contribution in [-0.2, 0) is 4.79 Å². The van der Waals surface area contributed by atoms with Crippen molar-refractivity contribution in [1.82, 2.24) is 15.2 Å². The molecule has 0 atom stereocenters. The second-order valence-corrected chi connectivity index (χ2v) is 3.77. The summed E-state index contributed by atoms with van der Waals surface area (Å²) >= 11 is 0. The van der Waals surface area contributed by atoms with E-state index in [1.807, 2.05) is 0 Å². The lowest BCUT2D eigenvalue weighted by atomic mass is 10.2. The van der Waals surface area contributed by atoms with Crippen molar-refractivity contribution in [2.24, 2.45) is 0 Å². The number of hydrogen-bond donors (Lipinski definition) is 1. The minimum atomic E-state index is -0.804. The van der Waals surface area contributed by atoms with Crippen molar-refractivity contribution in [2.45, 2.75) is 6.42 Å². The zero-order valence-electron chi connectivity index (χ0n) is 9.15. The van der Waals surface area contributed by atoms with Gasteiger partial charge in [0.05, 0.1) is 12.1 Å². The van der Waals surface area contributed by atoms with E-state index in [0.717, 1.165) is 0 Å². The molecule has 2 rings (SSSR count). The Bertz CT molecular complexity index is 450. The number of carbonyl (C=O) groups excluding carboxylic acids is 2. The van der Waals surface area contributed by atoms with E-state index in [1.165, 1.54) is 23.2 Å². The Hall–Kier alpha value is -1.98. The molecule has 0 unspecified atom stereocenters. The Labute approximate surface area is 97.6 Å². The highest BCUT2D eigenvalue weighted by Crippen LogP contribution is 2.09. The van der Waals surface area contributed by atoms with Crippen molar-refractivity contribution in [3.63, 3.8) is 0 Å². The number of nitrogens with zero attached hydrogens (tertiary/aromatic N) is 2. The normalized spacial score (nSPS) is 16.3. The lowest BCUT2D eigenvalue weighted by Crippen LogP contribution is -2.37. The summed E-state index contributed by atoms with van der Waals surface area (Å²) in [6.45, 7) is 0.942. The average molecular weight is 237 g/mol. The molecule has 1 saturated heterocycles. The first-order chi connectivity index (χ1) is 8.18. The average Bonchev–Trinajstić information content (AvgIpc) is 2.54. The van der Waals surface area contributed by atoms with E-state index in [9.17, 15) is 14.0 Å². The third-order valence-corrected chi connectivity index (χ3v) is 2.54. The van der Waals surface area contributed by atoms with Gasteiger partial charge in [-0.15, -0.1) is 0 Å². The molecule has 1 aliphatic rings. The lowest BCUT2D eigenvalue weighted by molar-refractivity contribution is -0.121. The maximum atomic E-state index is 13.3. The molecule has 17 heavy (non-hydrogen) atoms. The molecule has 2 heterocycles. The minimum Gasteiger partial charge on any atom is -0.354 e. The molecule has 0 saturated carbocycles. The van der Waals surface area contributed by atoms with Crippen LogP contribution < -0.4 is 5.32 Å². The Morgan fingerprint density at radius 3 is 3.12 bits per heavy atom. The Balaban J connectivity index is 2.19. The van der Waals surface area contributed by atoms with Crippen LogP contribution in [0.15, 0.2) is 18.3 Å². The minimum absolute atomic E-state index is 0.0346. The number of pyridine rings is 1. The van der Waals surface area contributed by atoms with Gasteiger partial charge >= 0.3 is 0 Å². The van der Waals surface area contributed by atoms with Crippen LogP contribution in [-0.4, -0.2) is 41.3 Å². The fourth-order valence-electron chi connectivity index (χ4n) is 1.70. The zero-order chi connectivity index (χ0) is 12.3. The van der Waals surface area contributed by atoms with Crippen LogP contribution in [0.1, 0.15) is 16.8 Å². The fraction of sp³-hybridized carbons (Fsp3) is 0.364. The molecule has 2 amide bonds. The predicted octanol–water partition coefficient (Wildman–Crippen LogP) is 0.183. The van der Waals surface area contributed by atoms with E-state index in [-0.39, 0.29) is 18.0 Å². The number of carbonyl (C=O) groups is 2. The van der Waals surface area contributed by atoms with Crippen LogP contribution in [0.4, 0.5) is 4.39 Å². The van der Waals surface area contributed by atoms with Crippen LogP contribution in [0.25, 0.3) is 0 Å². The standard InChI is InChI=1S/C11H12FN3O2/c12-10-8(3-1-4-14-10)11(17)15-6-2-5-13-9(16)7-15/h1,3-4H,2,5-7H2,(H,13,16). The van der Waals surface area contributed by atoms with Crippen LogP contribution >= 0.6 is 0 Å². The number of amides is 2. The van der Waals surface area contributed by atoms with E-state index >= 15 is 0 Å². The topological polar surface area (TPSA) is 62.3 Å². The Morgan fingerprint density at radius 1 is 1.53 bits per heavy atom. The molecule has 6 heteroatoms. The van der Waals surface area contributed by atoms with Crippen molar-refractivity contribution in [3.05, 3.63) is 29.8 Å². The number of nitrogens with one attached hydrogen (secondary N) is 1. The maximum Gasteiger partial charge on any atom is 0.258 e. The quantitative estimate of drug-likeness (QED) is 0.709. The smallest absolute Gasteiger partial charge is 0.258 e. The maximum absolute atomic E-state index is 13.3. The molecule has 90 valence electrons. The van der Waals surface area contributed by atoms with Gasteiger partial charge in [-0.25, -0.2) is 4.98 Å². The summed E-state index contributed by atoms with van der Waals surface area (Å²) in [5.74, 6) is -1.52. The third-order valence-electron chi connectivity index (χ3n) is 2.54. The van der Waals surface area contributed by atoms with Gasteiger partial charge in [-0.3, -0.25) is 9.59 Å². The first-order valence-electron chi connectivity index (χ1n) is 5.35. The molecule has 5 nitrogen and oxygen atoms in total. The van der Waals surface area contributed by atoms with Crippen LogP contribution in [0, 0.1) is 5.95 Å². The fourth-order valence-corrected chi connectivity index (χ4v) is 1.70. The first-order valence-corrected chi connectivity index (χ1v) is 5.35. The third kappa shape index (κ3) is 2.58. The van der Waals surface area contributed by atoms with Crippen molar-refractivity contribution >= 4 is 11.8 Å². The van der Waals surface area contributed by atoms with Gasteiger partial charge in [0, 0.05) is 19.3 Å². The number of hydrogen-bond acceptors (Lipinski definition) is 3. The summed E-state index contributed by atoms with van der Waals surface area (Å²) in [4.78, 5) is 28.0. The van der Waals surface area contributed by atoms with E-state index in [1.54, 1.807) is 0 Å². The second kappa shape index (κ2) is 4.90. The van der Waals surface area contributed by atoms with Gasteiger partial charge in [-0.2, -0.15) is 4.39 Å². The number of rotatable bonds is 1. The summed E-state index contributed by atoms with van der Waals surface area (Å²) < 4.78 is 13.3. The van der Waals surface area contributed by atoms with E-state index in [2.05, 4.69) is 10.3 Å². The molecule has 0 bridgehead atoms. The second-order valence-electron chi connectivity index (χ2n) is 3.77. The van der Waals surface area contributed by atoms with Gasteiger partial charge in [0.2, 0.25) is 11.9 Å². The van der Waals surface area contributed by atoms with Gasteiger partial charge in [-0.05, 0) is 18.6 Å². The van der Waals surface area contributed by atoms with Gasteiger partial charge in [0.1, 0.15) is 0 Å². The zero-order valence-corrected chi connectivity index (χ0v) is 9.15. The molecule has 1 N–H and O–H groups in total. The molecule has 0 aromatic carbocycles. The summed E-state index contributed by atoms with van der Waals surface area (Å²) in [7, 11) is 0. The lowest BCUT2D eigenvalue weighted by Gasteiger charge is -2.18. The van der Waals surface area contributed by atoms with Crippen molar-refractivity contribution in [2.75, 3.05) is 19.6 Å². The molecule has 0 radical (unpaired) electrons. The monoisotopic (exact) mass is 237 g/mol. The summed E-state index contributed by atoms with van der Waals surface area (Å²) in [6, 6.07) is 2.86. The number of aromatic nitrogens is 1. The summed E-state index contributed by atoms with van der Waals surface area (Å²) in [5, 5.41) is 2.65. The summed E-state index contributed by atoms with van der Waals surface area (Å²) in [5.41, 5.74) is -0.0952. The number of halogens is 1. The largest absolute Gasteiger partial charge is 0.354 e. The Morgan fingerprint density at radius 2 is 2.35 bits per heavy atom. The molecule has 1 aromatic heterocycles.